The van der Waals surface area contributed by atoms with Gasteiger partial charge in [-0.1, -0.05) is 0 Å². The predicted octanol–water partition coefficient (Wildman–Crippen LogP) is 0.433. The number of nitro groups is 1. The molecule has 0 radical (unpaired) electrons. The quantitative estimate of drug-likeness (QED) is 0.195. The smallest absolute Gasteiger partial charge is 0.343 e. The molecule has 8 nitrogen and oxygen atoms in total. The van der Waals surface area contributed by atoms with Gasteiger partial charge in [0.2, 0.25) is 6.20 Å². The Balaban J connectivity index is 3.00. The van der Waals surface area contributed by atoms with E-state index in [1.165, 1.54) is 0 Å². The van der Waals surface area contributed by atoms with Gasteiger partial charge in [-0.25, -0.2) is 4.79 Å². The number of hydrogen-bond acceptors (Lipinski definition) is 6. The third-order valence-electron chi connectivity index (χ3n) is 1.72. The first-order valence-electron chi connectivity index (χ1n) is 4.22. The third kappa shape index (κ3) is 3.18. The molecule has 0 aliphatic rings. The van der Waals surface area contributed by atoms with Crippen molar-refractivity contribution in [1.82, 2.24) is 0 Å². The number of hydrogen-bond donors (Lipinski definition) is 0. The van der Waals surface area contributed by atoms with Crippen molar-refractivity contribution in [2.24, 2.45) is 0 Å². The molecule has 1 heterocycles. The van der Waals surface area contributed by atoms with E-state index in [1.54, 1.807) is 0 Å². The van der Waals surface area contributed by atoms with Gasteiger partial charge in [-0.15, -0.1) is 0 Å². The van der Waals surface area contributed by atoms with Gasteiger partial charge < -0.3 is 14.7 Å². The summed E-state index contributed by atoms with van der Waals surface area (Å²) >= 11 is 5.42. The zero-order valence-corrected chi connectivity index (χ0v) is 9.34. The van der Waals surface area contributed by atoms with Crippen LogP contribution in [0.2, 0.25) is 5.15 Å². The molecular formula is C8H7ClN2O6. The highest BCUT2D eigenvalue weighted by atomic mass is 35.5. The molecule has 17 heavy (non-hydrogen) atoms. The highest BCUT2D eigenvalue weighted by Gasteiger charge is 2.23. The molecule has 0 bridgehead atoms. The van der Waals surface area contributed by atoms with Gasteiger partial charge in [-0.05, 0) is 11.6 Å². The molecule has 0 aliphatic carbocycles. The second-order valence-corrected chi connectivity index (χ2v) is 3.18. The molecule has 0 saturated carbocycles. The van der Waals surface area contributed by atoms with Gasteiger partial charge in [0, 0.05) is 0 Å². The highest BCUT2D eigenvalue weighted by Crippen LogP contribution is 2.26. The lowest BCUT2D eigenvalue weighted by atomic mass is 10.4. The first-order chi connectivity index (χ1) is 7.95. The van der Waals surface area contributed by atoms with Crippen molar-refractivity contribution in [2.75, 3.05) is 13.7 Å². The maximum absolute atomic E-state index is 11.1. The molecule has 1 aromatic heterocycles. The number of methoxy groups -OCH3 is 1. The minimum absolute atomic E-state index is 0.182. The molecule has 0 fully saturated rings. The normalized spacial score (nSPS) is 9.76. The van der Waals surface area contributed by atoms with Gasteiger partial charge >= 0.3 is 11.7 Å². The monoisotopic (exact) mass is 262 g/mol. The lowest BCUT2D eigenvalue weighted by Gasteiger charge is -2.05. The SMILES string of the molecule is COC(=O)COc1c[n+]([O-])c(Cl)cc1[N+](=O)[O-]. The van der Waals surface area contributed by atoms with Crippen LogP contribution >= 0.6 is 11.6 Å². The molecule has 92 valence electrons. The van der Waals surface area contributed by atoms with E-state index in [-0.39, 0.29) is 15.6 Å². The minimum Gasteiger partial charge on any atom is -0.618 e. The molecule has 0 unspecified atom stereocenters. The number of carbonyl (C=O) groups is 1. The van der Waals surface area contributed by atoms with E-state index in [9.17, 15) is 20.1 Å². The Bertz CT molecular complexity index is 464. The summed E-state index contributed by atoms with van der Waals surface area (Å²) in [6, 6.07) is 0.834. The van der Waals surface area contributed by atoms with Crippen molar-refractivity contribution in [1.29, 1.82) is 0 Å². The van der Waals surface area contributed by atoms with Crippen molar-refractivity contribution in [2.45, 2.75) is 0 Å². The number of rotatable bonds is 4. The van der Waals surface area contributed by atoms with E-state index in [0.29, 0.717) is 0 Å². The highest BCUT2D eigenvalue weighted by molar-refractivity contribution is 6.28. The molecular weight excluding hydrogens is 256 g/mol. The fourth-order valence-corrected chi connectivity index (χ4v) is 1.08. The van der Waals surface area contributed by atoms with Crippen LogP contribution in [0.4, 0.5) is 5.69 Å². The lowest BCUT2D eigenvalue weighted by molar-refractivity contribution is -0.604. The molecule has 9 heteroatoms. The fourth-order valence-electron chi connectivity index (χ4n) is 0.931. The Morgan fingerprint density at radius 3 is 2.82 bits per heavy atom. The number of nitrogens with zero attached hydrogens (tertiary/aromatic N) is 2. The van der Waals surface area contributed by atoms with Gasteiger partial charge in [-0.2, -0.15) is 4.73 Å². The Morgan fingerprint density at radius 1 is 1.65 bits per heavy atom. The summed E-state index contributed by atoms with van der Waals surface area (Å²) in [6.45, 7) is -0.543. The largest absolute Gasteiger partial charge is 0.618 e. The zero-order chi connectivity index (χ0) is 13.0. The summed E-state index contributed by atoms with van der Waals surface area (Å²) in [5.41, 5.74) is -0.508. The standard InChI is InChI=1S/C8H7ClN2O6/c1-16-8(12)4-17-6-3-10(13)7(9)2-5(6)11(14)15/h2-3H,4H2,1H3. The van der Waals surface area contributed by atoms with E-state index in [0.717, 1.165) is 19.4 Å². The molecule has 0 spiro atoms. The summed E-state index contributed by atoms with van der Waals surface area (Å²) in [5, 5.41) is 21.4. The Labute approximate surface area is 100 Å². The van der Waals surface area contributed by atoms with Gasteiger partial charge in [0.15, 0.2) is 6.61 Å². The van der Waals surface area contributed by atoms with E-state index >= 15 is 0 Å². The van der Waals surface area contributed by atoms with Gasteiger partial charge in [0.05, 0.1) is 12.0 Å². The number of aromatic nitrogens is 1. The molecule has 0 aromatic carbocycles. The van der Waals surface area contributed by atoms with Crippen molar-refractivity contribution >= 4 is 23.3 Å². The van der Waals surface area contributed by atoms with Gasteiger partial charge in [-0.3, -0.25) is 10.1 Å². The summed E-state index contributed by atoms with van der Waals surface area (Å²) in [6.07, 6.45) is 0.767. The number of halogens is 1. The number of ether oxygens (including phenoxy) is 2. The second-order valence-electron chi connectivity index (χ2n) is 2.79. The van der Waals surface area contributed by atoms with Crippen LogP contribution in [0, 0.1) is 15.3 Å². The zero-order valence-electron chi connectivity index (χ0n) is 8.58. The summed E-state index contributed by atoms with van der Waals surface area (Å²) in [5.74, 6) is -1.09. The molecule has 1 rings (SSSR count). The molecule has 1 aromatic rings. The molecule has 0 N–H and O–H groups in total. The first kappa shape index (κ1) is 13.0. The van der Waals surface area contributed by atoms with Crippen LogP contribution in [0.15, 0.2) is 12.3 Å². The fraction of sp³-hybridized carbons (Fsp3) is 0.250. The van der Waals surface area contributed by atoms with E-state index in [1.807, 2.05) is 0 Å². The topological polar surface area (TPSA) is 106 Å². The van der Waals surface area contributed by atoms with Crippen LogP contribution in [-0.4, -0.2) is 24.6 Å². The van der Waals surface area contributed by atoms with Gasteiger partial charge in [0.1, 0.15) is 6.07 Å². The Morgan fingerprint density at radius 2 is 2.29 bits per heavy atom. The second kappa shape index (κ2) is 5.30. The van der Waals surface area contributed by atoms with Crippen LogP contribution in [0.3, 0.4) is 0 Å². The average molecular weight is 263 g/mol. The van der Waals surface area contributed by atoms with Crippen molar-refractivity contribution in [3.63, 3.8) is 0 Å². The van der Waals surface area contributed by atoms with Crippen molar-refractivity contribution < 1.29 is 23.9 Å². The summed E-state index contributed by atoms with van der Waals surface area (Å²) < 4.78 is 9.25. The van der Waals surface area contributed by atoms with E-state index < -0.39 is 23.2 Å². The van der Waals surface area contributed by atoms with Crippen LogP contribution in [0.25, 0.3) is 0 Å². The number of carbonyl (C=O) groups excluding carboxylic acids is 1. The van der Waals surface area contributed by atoms with Crippen molar-refractivity contribution in [3.8, 4) is 5.75 Å². The van der Waals surface area contributed by atoms with Crippen LogP contribution in [-0.2, 0) is 9.53 Å². The molecule has 0 amide bonds. The van der Waals surface area contributed by atoms with Gasteiger partial charge in [0.25, 0.3) is 10.9 Å². The maximum Gasteiger partial charge on any atom is 0.343 e. The summed E-state index contributed by atoms with van der Waals surface area (Å²) in [4.78, 5) is 20.6. The molecule has 0 saturated heterocycles. The molecule has 0 aliphatic heterocycles. The lowest BCUT2D eigenvalue weighted by Crippen LogP contribution is -2.28. The Kier molecular flexibility index (Phi) is 4.05. The maximum atomic E-state index is 11.1. The van der Waals surface area contributed by atoms with Crippen LogP contribution in [0.1, 0.15) is 0 Å². The van der Waals surface area contributed by atoms with E-state index in [4.69, 9.17) is 16.3 Å². The third-order valence-corrected chi connectivity index (χ3v) is 2.00. The van der Waals surface area contributed by atoms with Crippen LogP contribution < -0.4 is 9.47 Å². The minimum atomic E-state index is -0.779. The van der Waals surface area contributed by atoms with Crippen LogP contribution in [0.5, 0.6) is 5.75 Å². The number of esters is 1. The molecule has 0 atom stereocenters. The number of pyridine rings is 1. The Hall–Kier alpha value is -2.09. The average Bonchev–Trinajstić information content (AvgIpc) is 2.29. The predicted molar refractivity (Wildman–Crippen MR) is 54.6 cm³/mol. The van der Waals surface area contributed by atoms with E-state index in [2.05, 4.69) is 4.74 Å². The first-order valence-corrected chi connectivity index (χ1v) is 4.60. The summed E-state index contributed by atoms with van der Waals surface area (Å²) in [7, 11) is 1.13. The van der Waals surface area contributed by atoms with Crippen molar-refractivity contribution in [3.05, 3.63) is 32.7 Å².